The summed E-state index contributed by atoms with van der Waals surface area (Å²) in [5, 5.41) is 4.84. The van der Waals surface area contributed by atoms with Gasteiger partial charge in [-0.15, -0.1) is 0 Å². The van der Waals surface area contributed by atoms with E-state index in [1.165, 1.54) is 0 Å². The standard InChI is InChI=1S/C8H17N5O3/c9-8(16)11-3-1-2-6(5-14)13-7(15)4-12-10/h5-6,12H,1-4,10H2,(H,13,15)(H3,9,11,16). The molecule has 0 fully saturated rings. The van der Waals surface area contributed by atoms with E-state index in [2.05, 4.69) is 16.1 Å². The number of urea groups is 1. The average molecular weight is 231 g/mol. The summed E-state index contributed by atoms with van der Waals surface area (Å²) in [6, 6.07) is -1.19. The number of hydrazine groups is 1. The summed E-state index contributed by atoms with van der Waals surface area (Å²) in [5.41, 5.74) is 7.03. The Kier molecular flexibility index (Phi) is 7.72. The van der Waals surface area contributed by atoms with Crippen molar-refractivity contribution >= 4 is 18.2 Å². The lowest BCUT2D eigenvalue weighted by atomic mass is 10.2. The van der Waals surface area contributed by atoms with Gasteiger partial charge in [0.2, 0.25) is 5.91 Å². The predicted octanol–water partition coefficient (Wildman–Crippen LogP) is -2.42. The van der Waals surface area contributed by atoms with E-state index in [0.29, 0.717) is 25.7 Å². The van der Waals surface area contributed by atoms with Gasteiger partial charge in [0.05, 0.1) is 12.6 Å². The zero-order valence-electron chi connectivity index (χ0n) is 8.86. The molecule has 0 aromatic rings. The normalized spacial score (nSPS) is 11.6. The van der Waals surface area contributed by atoms with Gasteiger partial charge in [0, 0.05) is 6.54 Å². The lowest BCUT2D eigenvalue weighted by Gasteiger charge is -2.12. The summed E-state index contributed by atoms with van der Waals surface area (Å²) in [5.74, 6) is 4.58. The van der Waals surface area contributed by atoms with Gasteiger partial charge in [0.15, 0.2) is 0 Å². The first-order valence-electron chi connectivity index (χ1n) is 4.81. The highest BCUT2D eigenvalue weighted by Gasteiger charge is 2.10. The summed E-state index contributed by atoms with van der Waals surface area (Å²) in [7, 11) is 0. The molecular weight excluding hydrogens is 214 g/mol. The number of aldehydes is 1. The summed E-state index contributed by atoms with van der Waals surface area (Å²) < 4.78 is 0. The van der Waals surface area contributed by atoms with Crippen LogP contribution in [-0.4, -0.2) is 37.4 Å². The molecule has 3 amide bonds. The van der Waals surface area contributed by atoms with Crippen LogP contribution in [0.25, 0.3) is 0 Å². The summed E-state index contributed by atoms with van der Waals surface area (Å²) >= 11 is 0. The highest BCUT2D eigenvalue weighted by atomic mass is 16.2. The number of amides is 3. The Hall–Kier alpha value is -1.67. The Balaban J connectivity index is 3.70. The molecule has 0 radical (unpaired) electrons. The summed E-state index contributed by atoms with van der Waals surface area (Å²) in [6.07, 6.45) is 1.61. The van der Waals surface area contributed by atoms with Gasteiger partial charge in [-0.2, -0.15) is 0 Å². The Morgan fingerprint density at radius 1 is 1.38 bits per heavy atom. The number of primary amides is 1. The minimum absolute atomic E-state index is 0.0517. The molecular formula is C8H17N5O3. The van der Waals surface area contributed by atoms with Crippen LogP contribution in [0.15, 0.2) is 0 Å². The molecule has 0 aromatic heterocycles. The molecule has 0 aliphatic carbocycles. The fraction of sp³-hybridized carbons (Fsp3) is 0.625. The average Bonchev–Trinajstić information content (AvgIpc) is 2.22. The second-order valence-corrected chi connectivity index (χ2v) is 3.12. The molecule has 0 saturated heterocycles. The molecule has 0 aliphatic rings. The number of hydrogen-bond acceptors (Lipinski definition) is 5. The molecule has 0 rings (SSSR count). The number of rotatable bonds is 8. The second kappa shape index (κ2) is 8.62. The van der Waals surface area contributed by atoms with Crippen LogP contribution in [0.1, 0.15) is 12.8 Å². The number of carbonyl (C=O) groups is 3. The molecule has 0 heterocycles. The first kappa shape index (κ1) is 14.3. The van der Waals surface area contributed by atoms with Crippen LogP contribution in [0.5, 0.6) is 0 Å². The molecule has 1 atom stereocenters. The molecule has 8 nitrogen and oxygen atoms in total. The van der Waals surface area contributed by atoms with Crippen molar-refractivity contribution in [1.29, 1.82) is 0 Å². The zero-order chi connectivity index (χ0) is 12.4. The Morgan fingerprint density at radius 3 is 2.56 bits per heavy atom. The largest absolute Gasteiger partial charge is 0.352 e. The van der Waals surface area contributed by atoms with Gasteiger partial charge in [0.1, 0.15) is 6.29 Å². The van der Waals surface area contributed by atoms with Gasteiger partial charge in [-0.05, 0) is 12.8 Å². The van der Waals surface area contributed by atoms with Crippen LogP contribution in [0.2, 0.25) is 0 Å². The molecule has 92 valence electrons. The monoisotopic (exact) mass is 231 g/mol. The molecule has 0 aromatic carbocycles. The molecule has 16 heavy (non-hydrogen) atoms. The van der Waals surface area contributed by atoms with E-state index in [4.69, 9.17) is 11.6 Å². The lowest BCUT2D eigenvalue weighted by Crippen LogP contribution is -2.43. The summed E-state index contributed by atoms with van der Waals surface area (Å²) in [4.78, 5) is 32.0. The van der Waals surface area contributed by atoms with E-state index in [0.717, 1.165) is 0 Å². The van der Waals surface area contributed by atoms with Gasteiger partial charge >= 0.3 is 6.03 Å². The van der Waals surface area contributed by atoms with E-state index in [1.807, 2.05) is 0 Å². The van der Waals surface area contributed by atoms with Crippen molar-refractivity contribution in [2.24, 2.45) is 11.6 Å². The maximum Gasteiger partial charge on any atom is 0.312 e. The second-order valence-electron chi connectivity index (χ2n) is 3.12. The van der Waals surface area contributed by atoms with Crippen molar-refractivity contribution < 1.29 is 14.4 Å². The van der Waals surface area contributed by atoms with Crippen LogP contribution in [0, 0.1) is 0 Å². The van der Waals surface area contributed by atoms with Crippen molar-refractivity contribution in [3.05, 3.63) is 0 Å². The lowest BCUT2D eigenvalue weighted by molar-refractivity contribution is -0.123. The van der Waals surface area contributed by atoms with Crippen molar-refractivity contribution in [3.8, 4) is 0 Å². The molecule has 0 spiro atoms. The van der Waals surface area contributed by atoms with Gasteiger partial charge in [-0.25, -0.2) is 4.79 Å². The highest BCUT2D eigenvalue weighted by Crippen LogP contribution is 1.93. The van der Waals surface area contributed by atoms with Crippen molar-refractivity contribution in [3.63, 3.8) is 0 Å². The number of carbonyl (C=O) groups excluding carboxylic acids is 3. The Bertz CT molecular complexity index is 246. The Morgan fingerprint density at radius 2 is 2.06 bits per heavy atom. The molecule has 1 unspecified atom stereocenters. The van der Waals surface area contributed by atoms with Crippen molar-refractivity contribution in [2.45, 2.75) is 18.9 Å². The topological polar surface area (TPSA) is 139 Å². The maximum absolute atomic E-state index is 11.1. The molecule has 0 aliphatic heterocycles. The minimum atomic E-state index is -0.612. The molecule has 0 bridgehead atoms. The number of nitrogens with one attached hydrogen (secondary N) is 3. The van der Waals surface area contributed by atoms with Gasteiger partial charge in [-0.1, -0.05) is 0 Å². The van der Waals surface area contributed by atoms with Crippen molar-refractivity contribution in [1.82, 2.24) is 16.1 Å². The van der Waals surface area contributed by atoms with Gasteiger partial charge in [0.25, 0.3) is 0 Å². The quantitative estimate of drug-likeness (QED) is 0.137. The zero-order valence-corrected chi connectivity index (χ0v) is 8.86. The van der Waals surface area contributed by atoms with Crippen LogP contribution in [-0.2, 0) is 9.59 Å². The predicted molar refractivity (Wildman–Crippen MR) is 57.0 cm³/mol. The van der Waals surface area contributed by atoms with E-state index in [1.54, 1.807) is 0 Å². The van der Waals surface area contributed by atoms with Crippen LogP contribution in [0.4, 0.5) is 4.79 Å². The van der Waals surface area contributed by atoms with Crippen molar-refractivity contribution in [2.75, 3.05) is 13.1 Å². The first-order valence-corrected chi connectivity index (χ1v) is 4.81. The van der Waals surface area contributed by atoms with E-state index in [-0.39, 0.29) is 12.5 Å². The smallest absolute Gasteiger partial charge is 0.312 e. The van der Waals surface area contributed by atoms with Crippen LogP contribution in [0.3, 0.4) is 0 Å². The third-order valence-corrected chi connectivity index (χ3v) is 1.76. The van der Waals surface area contributed by atoms with E-state index in [9.17, 15) is 14.4 Å². The minimum Gasteiger partial charge on any atom is -0.352 e. The third kappa shape index (κ3) is 7.71. The van der Waals surface area contributed by atoms with Crippen LogP contribution < -0.4 is 27.6 Å². The van der Waals surface area contributed by atoms with E-state index < -0.39 is 12.1 Å². The number of hydrogen-bond donors (Lipinski definition) is 5. The molecule has 8 heteroatoms. The molecule has 0 saturated carbocycles. The fourth-order valence-corrected chi connectivity index (χ4v) is 1.06. The fourth-order valence-electron chi connectivity index (χ4n) is 1.06. The van der Waals surface area contributed by atoms with Gasteiger partial charge in [-0.3, -0.25) is 16.1 Å². The maximum atomic E-state index is 11.1. The SMILES string of the molecule is NNCC(=O)NC(C=O)CCCNC(N)=O. The first-order chi connectivity index (χ1) is 7.60. The summed E-state index contributed by atoms with van der Waals surface area (Å²) in [6.45, 7) is 0.314. The third-order valence-electron chi connectivity index (χ3n) is 1.76. The van der Waals surface area contributed by atoms with Gasteiger partial charge < -0.3 is 21.2 Å². The molecule has 7 N–H and O–H groups in total. The van der Waals surface area contributed by atoms with E-state index >= 15 is 0 Å². The van der Waals surface area contributed by atoms with Crippen LogP contribution >= 0.6 is 0 Å². The number of nitrogens with two attached hydrogens (primary N) is 2. The highest BCUT2D eigenvalue weighted by molar-refractivity contribution is 5.81. The Labute approximate surface area is 93.1 Å².